The Kier molecular flexibility index (Phi) is 6.42. The van der Waals surface area contributed by atoms with Crippen LogP contribution in [0.5, 0.6) is 0 Å². The molecular weight excluding hydrogens is 354 g/mol. The Balaban J connectivity index is 1.77. The van der Waals surface area contributed by atoms with Crippen molar-refractivity contribution in [3.63, 3.8) is 0 Å². The second-order valence-corrected chi connectivity index (χ2v) is 8.85. The lowest BCUT2D eigenvalue weighted by atomic mass is 10.1. The third kappa shape index (κ3) is 5.25. The molecule has 25 heavy (non-hydrogen) atoms. The maximum absolute atomic E-state index is 13.0. The summed E-state index contributed by atoms with van der Waals surface area (Å²) in [6.07, 6.45) is 3.92. The molecule has 1 aliphatic rings. The van der Waals surface area contributed by atoms with Gasteiger partial charge < -0.3 is 4.74 Å². The summed E-state index contributed by atoms with van der Waals surface area (Å²) in [4.78, 5) is 1.21. The fraction of sp³-hybridized carbons (Fsp3) is 0.368. The van der Waals surface area contributed by atoms with E-state index in [1.54, 1.807) is 21.7 Å². The van der Waals surface area contributed by atoms with Crippen LogP contribution in [-0.4, -0.2) is 38.5 Å². The van der Waals surface area contributed by atoms with Gasteiger partial charge in [-0.2, -0.15) is 4.31 Å². The molecule has 0 N–H and O–H groups in total. The van der Waals surface area contributed by atoms with Crippen LogP contribution in [-0.2, 0) is 21.2 Å². The Labute approximate surface area is 153 Å². The zero-order chi connectivity index (χ0) is 17.5. The SMILES string of the molecule is O=S(=O)(/C=C/c1ccccc1)N(CCc1cccs1)C1CCOCC1. The van der Waals surface area contributed by atoms with Crippen LogP contribution in [0.3, 0.4) is 0 Å². The molecule has 0 spiro atoms. The lowest BCUT2D eigenvalue weighted by Gasteiger charge is -2.32. The maximum atomic E-state index is 13.0. The van der Waals surface area contributed by atoms with Crippen molar-refractivity contribution >= 4 is 27.4 Å². The van der Waals surface area contributed by atoms with Crippen molar-refractivity contribution < 1.29 is 13.2 Å². The number of ether oxygens (including phenoxy) is 1. The molecule has 0 saturated carbocycles. The van der Waals surface area contributed by atoms with Gasteiger partial charge in [0.1, 0.15) is 0 Å². The highest BCUT2D eigenvalue weighted by Crippen LogP contribution is 2.21. The molecule has 0 radical (unpaired) electrons. The highest BCUT2D eigenvalue weighted by Gasteiger charge is 2.29. The van der Waals surface area contributed by atoms with E-state index in [-0.39, 0.29) is 6.04 Å². The number of sulfonamides is 1. The maximum Gasteiger partial charge on any atom is 0.236 e. The topological polar surface area (TPSA) is 46.6 Å². The number of hydrogen-bond acceptors (Lipinski definition) is 4. The number of benzene rings is 1. The van der Waals surface area contributed by atoms with Crippen LogP contribution >= 0.6 is 11.3 Å². The summed E-state index contributed by atoms with van der Waals surface area (Å²) in [6.45, 7) is 1.75. The van der Waals surface area contributed by atoms with Gasteiger partial charge in [0.2, 0.25) is 10.0 Å². The molecule has 134 valence electrons. The van der Waals surface area contributed by atoms with Gasteiger partial charge >= 0.3 is 0 Å². The summed E-state index contributed by atoms with van der Waals surface area (Å²) >= 11 is 1.67. The number of hydrogen-bond donors (Lipinski definition) is 0. The van der Waals surface area contributed by atoms with Gasteiger partial charge in [0.25, 0.3) is 0 Å². The molecule has 2 aromatic rings. The van der Waals surface area contributed by atoms with Crippen molar-refractivity contribution in [2.45, 2.75) is 25.3 Å². The average Bonchev–Trinajstić information content (AvgIpc) is 3.15. The summed E-state index contributed by atoms with van der Waals surface area (Å²) in [5.74, 6) is 0. The van der Waals surface area contributed by atoms with Gasteiger partial charge in [-0.1, -0.05) is 36.4 Å². The molecule has 4 nitrogen and oxygen atoms in total. The molecule has 2 heterocycles. The molecule has 6 heteroatoms. The molecule has 0 aliphatic carbocycles. The fourth-order valence-corrected chi connectivity index (χ4v) is 5.13. The molecule has 0 amide bonds. The van der Waals surface area contributed by atoms with Crippen molar-refractivity contribution in [3.8, 4) is 0 Å². The minimum atomic E-state index is -3.47. The summed E-state index contributed by atoms with van der Waals surface area (Å²) in [5, 5.41) is 3.37. The first-order chi connectivity index (χ1) is 12.1. The Hall–Kier alpha value is -1.47. The molecule has 1 aliphatic heterocycles. The average molecular weight is 378 g/mol. The van der Waals surface area contributed by atoms with Gasteiger partial charge in [-0.15, -0.1) is 11.3 Å². The van der Waals surface area contributed by atoms with Crippen molar-refractivity contribution in [1.29, 1.82) is 0 Å². The molecule has 0 bridgehead atoms. The third-order valence-electron chi connectivity index (χ3n) is 4.32. The van der Waals surface area contributed by atoms with Crippen LogP contribution in [0, 0.1) is 0 Å². The minimum Gasteiger partial charge on any atom is -0.381 e. The molecule has 1 saturated heterocycles. The van der Waals surface area contributed by atoms with Gasteiger partial charge in [-0.3, -0.25) is 0 Å². The van der Waals surface area contributed by atoms with E-state index < -0.39 is 10.0 Å². The summed E-state index contributed by atoms with van der Waals surface area (Å²) in [5.41, 5.74) is 0.885. The second-order valence-electron chi connectivity index (χ2n) is 6.04. The molecule has 1 aromatic carbocycles. The van der Waals surface area contributed by atoms with Crippen LogP contribution in [0.4, 0.5) is 0 Å². The van der Waals surface area contributed by atoms with E-state index in [9.17, 15) is 8.42 Å². The van der Waals surface area contributed by atoms with Gasteiger partial charge in [0, 0.05) is 36.1 Å². The van der Waals surface area contributed by atoms with Crippen molar-refractivity contribution in [2.75, 3.05) is 19.8 Å². The van der Waals surface area contributed by atoms with E-state index in [1.165, 1.54) is 10.3 Å². The second kappa shape index (κ2) is 8.76. The lowest BCUT2D eigenvalue weighted by molar-refractivity contribution is 0.0590. The Morgan fingerprint density at radius 3 is 2.56 bits per heavy atom. The largest absolute Gasteiger partial charge is 0.381 e. The van der Waals surface area contributed by atoms with E-state index in [1.807, 2.05) is 41.8 Å². The lowest BCUT2D eigenvalue weighted by Crippen LogP contribution is -2.43. The monoisotopic (exact) mass is 377 g/mol. The first-order valence-electron chi connectivity index (χ1n) is 8.50. The first kappa shape index (κ1) is 18.3. The highest BCUT2D eigenvalue weighted by molar-refractivity contribution is 7.92. The smallest absolute Gasteiger partial charge is 0.236 e. The van der Waals surface area contributed by atoms with Crippen molar-refractivity contribution in [1.82, 2.24) is 4.31 Å². The zero-order valence-corrected chi connectivity index (χ0v) is 15.7. The van der Waals surface area contributed by atoms with Crippen molar-refractivity contribution in [2.24, 2.45) is 0 Å². The van der Waals surface area contributed by atoms with Crippen LogP contribution in [0.1, 0.15) is 23.3 Å². The minimum absolute atomic E-state index is 0.0131. The Morgan fingerprint density at radius 1 is 1.12 bits per heavy atom. The zero-order valence-electron chi connectivity index (χ0n) is 14.1. The van der Waals surface area contributed by atoms with Gasteiger partial charge in [-0.25, -0.2) is 8.42 Å². The standard InChI is InChI=1S/C19H23NO3S2/c21-25(22,16-11-17-5-2-1-3-6-17)20(18-9-13-23-14-10-18)12-8-19-7-4-15-24-19/h1-7,11,15-16,18H,8-10,12-14H2/b16-11+. The highest BCUT2D eigenvalue weighted by atomic mass is 32.2. The molecule has 1 fully saturated rings. The fourth-order valence-electron chi connectivity index (χ4n) is 2.97. The normalized spacial score (nSPS) is 16.7. The van der Waals surface area contributed by atoms with Crippen LogP contribution < -0.4 is 0 Å². The van der Waals surface area contributed by atoms with Gasteiger partial charge in [0.15, 0.2) is 0 Å². The summed E-state index contributed by atoms with van der Waals surface area (Å²) in [7, 11) is -3.47. The first-order valence-corrected chi connectivity index (χ1v) is 10.9. The molecule has 1 aromatic heterocycles. The quantitative estimate of drug-likeness (QED) is 0.738. The van der Waals surface area contributed by atoms with E-state index in [2.05, 4.69) is 6.07 Å². The van der Waals surface area contributed by atoms with E-state index >= 15 is 0 Å². The predicted molar refractivity (Wildman–Crippen MR) is 103 cm³/mol. The number of rotatable bonds is 7. The van der Waals surface area contributed by atoms with E-state index in [0.717, 1.165) is 24.8 Å². The molecule has 0 atom stereocenters. The van der Waals surface area contributed by atoms with E-state index in [4.69, 9.17) is 4.74 Å². The number of thiophene rings is 1. The third-order valence-corrected chi connectivity index (χ3v) is 6.87. The van der Waals surface area contributed by atoms with E-state index in [0.29, 0.717) is 19.8 Å². The summed E-state index contributed by atoms with van der Waals surface area (Å²) < 4.78 is 33.0. The Bertz CT molecular complexity index is 764. The van der Waals surface area contributed by atoms with Crippen LogP contribution in [0.25, 0.3) is 6.08 Å². The number of nitrogens with zero attached hydrogens (tertiary/aromatic N) is 1. The van der Waals surface area contributed by atoms with Gasteiger partial charge in [-0.05, 0) is 42.3 Å². The summed E-state index contributed by atoms with van der Waals surface area (Å²) in [6, 6.07) is 13.6. The Morgan fingerprint density at radius 2 is 1.88 bits per heavy atom. The van der Waals surface area contributed by atoms with Gasteiger partial charge in [0.05, 0.1) is 0 Å². The van der Waals surface area contributed by atoms with Crippen LogP contribution in [0.2, 0.25) is 0 Å². The molecular formula is C19H23NO3S2. The predicted octanol–water partition coefficient (Wildman–Crippen LogP) is 3.77. The molecule has 3 rings (SSSR count). The van der Waals surface area contributed by atoms with Crippen LogP contribution in [0.15, 0.2) is 53.3 Å². The molecule has 0 unspecified atom stereocenters. The van der Waals surface area contributed by atoms with Crippen molar-refractivity contribution in [3.05, 3.63) is 63.7 Å².